The minimum atomic E-state index is 0.300. The predicted octanol–water partition coefficient (Wildman–Crippen LogP) is 2.82. The monoisotopic (exact) mass is 351 g/mol. The fraction of sp³-hybridized carbons (Fsp3) is 0.158. The number of anilines is 1. The van der Waals surface area contributed by atoms with E-state index in [4.69, 9.17) is 15.2 Å². The van der Waals surface area contributed by atoms with Gasteiger partial charge in [0.1, 0.15) is 11.5 Å². The molecule has 0 aliphatic rings. The Bertz CT molecular complexity index is 887. The number of hydrogen-bond acceptors (Lipinski definition) is 4. The summed E-state index contributed by atoms with van der Waals surface area (Å²) in [5.41, 5.74) is 8.48. The third kappa shape index (κ3) is 4.13. The lowest BCUT2D eigenvalue weighted by Crippen LogP contribution is -2.23. The summed E-state index contributed by atoms with van der Waals surface area (Å²) in [6.07, 6.45) is 1.89. The first-order valence-electron chi connectivity index (χ1n) is 8.08. The first-order valence-corrected chi connectivity index (χ1v) is 8.08. The molecule has 3 aromatic rings. The maximum Gasteiger partial charge on any atom is 0.193 e. The van der Waals surface area contributed by atoms with Crippen LogP contribution in [0.3, 0.4) is 0 Å². The number of benzene rings is 2. The van der Waals surface area contributed by atoms with Crippen LogP contribution < -0.4 is 20.5 Å². The highest BCUT2D eigenvalue weighted by Gasteiger charge is 2.04. The summed E-state index contributed by atoms with van der Waals surface area (Å²) < 4.78 is 12.2. The Labute approximate surface area is 152 Å². The molecular formula is C19H21N5O2. The normalized spacial score (nSPS) is 11.2. The summed E-state index contributed by atoms with van der Waals surface area (Å²) in [7, 11) is 3.25. The number of nitrogens with two attached hydrogens (primary N) is 1. The second-order valence-corrected chi connectivity index (χ2v) is 5.48. The number of aliphatic imine (C=N–C) groups is 1. The standard InChI is InChI=1S/C19H21N5O2/c1-25-16-9-7-15(8-10-16)24-12-11-14(23-24)13-21-19(20)22-17-5-3-4-6-18(17)26-2/h3-12H,13H2,1-2H3,(H3,20,21,22). The van der Waals surface area contributed by atoms with Crippen LogP contribution in [0.1, 0.15) is 5.69 Å². The van der Waals surface area contributed by atoms with E-state index in [0.29, 0.717) is 18.3 Å². The van der Waals surface area contributed by atoms with E-state index < -0.39 is 0 Å². The van der Waals surface area contributed by atoms with Crippen LogP contribution in [0.25, 0.3) is 5.69 Å². The molecule has 0 bridgehead atoms. The maximum absolute atomic E-state index is 5.96. The number of nitrogens with zero attached hydrogens (tertiary/aromatic N) is 3. The molecule has 0 aliphatic carbocycles. The smallest absolute Gasteiger partial charge is 0.193 e. The topological polar surface area (TPSA) is 86.7 Å². The van der Waals surface area contributed by atoms with Crippen molar-refractivity contribution in [2.45, 2.75) is 6.54 Å². The molecule has 0 saturated carbocycles. The average molecular weight is 351 g/mol. The number of nitrogens with one attached hydrogen (secondary N) is 1. The minimum absolute atomic E-state index is 0.300. The van der Waals surface area contributed by atoms with Crippen LogP contribution in [0, 0.1) is 0 Å². The molecule has 1 aromatic heterocycles. The van der Waals surface area contributed by atoms with E-state index >= 15 is 0 Å². The molecule has 0 unspecified atom stereocenters. The lowest BCUT2D eigenvalue weighted by molar-refractivity contribution is 0.414. The molecule has 2 aromatic carbocycles. The van der Waals surface area contributed by atoms with Gasteiger partial charge in [0, 0.05) is 6.20 Å². The van der Waals surface area contributed by atoms with Gasteiger partial charge in [-0.3, -0.25) is 0 Å². The van der Waals surface area contributed by atoms with Gasteiger partial charge < -0.3 is 20.5 Å². The van der Waals surface area contributed by atoms with Gasteiger partial charge in [-0.2, -0.15) is 5.10 Å². The van der Waals surface area contributed by atoms with Gasteiger partial charge in [0.05, 0.1) is 37.8 Å². The van der Waals surface area contributed by atoms with Crippen LogP contribution in [0.2, 0.25) is 0 Å². The van der Waals surface area contributed by atoms with Crippen LogP contribution in [0.15, 0.2) is 65.8 Å². The van der Waals surface area contributed by atoms with Crippen molar-refractivity contribution in [2.24, 2.45) is 10.7 Å². The molecule has 0 radical (unpaired) electrons. The molecule has 3 rings (SSSR count). The summed E-state index contributed by atoms with van der Waals surface area (Å²) in [6, 6.07) is 17.1. The number of hydrogen-bond donors (Lipinski definition) is 2. The van der Waals surface area contributed by atoms with Gasteiger partial charge in [0.2, 0.25) is 0 Å². The van der Waals surface area contributed by atoms with Gasteiger partial charge in [0.15, 0.2) is 5.96 Å². The second kappa shape index (κ2) is 8.06. The SMILES string of the molecule is COc1ccc(-n2ccc(CN=C(N)Nc3ccccc3OC)n2)cc1. The lowest BCUT2D eigenvalue weighted by atomic mass is 10.3. The van der Waals surface area contributed by atoms with Crippen LogP contribution in [-0.2, 0) is 6.54 Å². The molecule has 7 heteroatoms. The fourth-order valence-electron chi connectivity index (χ4n) is 2.42. The highest BCUT2D eigenvalue weighted by atomic mass is 16.5. The van der Waals surface area contributed by atoms with Crippen LogP contribution in [0.5, 0.6) is 11.5 Å². The van der Waals surface area contributed by atoms with E-state index in [1.54, 1.807) is 18.9 Å². The summed E-state index contributed by atoms with van der Waals surface area (Å²) in [5, 5.41) is 7.55. The van der Waals surface area contributed by atoms with Gasteiger partial charge in [-0.05, 0) is 42.5 Å². The van der Waals surface area contributed by atoms with Gasteiger partial charge in [-0.15, -0.1) is 0 Å². The number of ether oxygens (including phenoxy) is 2. The van der Waals surface area contributed by atoms with Crippen molar-refractivity contribution in [3.8, 4) is 17.2 Å². The van der Waals surface area contributed by atoms with Crippen molar-refractivity contribution < 1.29 is 9.47 Å². The molecule has 7 nitrogen and oxygen atoms in total. The van der Waals surface area contributed by atoms with E-state index in [2.05, 4.69) is 15.4 Å². The van der Waals surface area contributed by atoms with E-state index in [1.165, 1.54) is 0 Å². The Kier molecular flexibility index (Phi) is 5.38. The number of methoxy groups -OCH3 is 2. The van der Waals surface area contributed by atoms with Gasteiger partial charge in [0.25, 0.3) is 0 Å². The molecule has 0 amide bonds. The fourth-order valence-corrected chi connectivity index (χ4v) is 2.42. The van der Waals surface area contributed by atoms with Crippen LogP contribution >= 0.6 is 0 Å². The van der Waals surface area contributed by atoms with Crippen molar-refractivity contribution in [3.05, 3.63) is 66.5 Å². The number of aromatic nitrogens is 2. The van der Waals surface area contributed by atoms with Crippen molar-refractivity contribution >= 4 is 11.6 Å². The summed E-state index contributed by atoms with van der Waals surface area (Å²) in [6.45, 7) is 0.372. The lowest BCUT2D eigenvalue weighted by Gasteiger charge is -2.09. The van der Waals surface area contributed by atoms with Crippen molar-refractivity contribution in [3.63, 3.8) is 0 Å². The van der Waals surface area contributed by atoms with E-state index in [9.17, 15) is 0 Å². The first kappa shape index (κ1) is 17.3. The Balaban J connectivity index is 1.65. The largest absolute Gasteiger partial charge is 0.497 e. The van der Waals surface area contributed by atoms with Crippen molar-refractivity contribution in [1.29, 1.82) is 0 Å². The number of rotatable bonds is 6. The Morgan fingerprint density at radius 2 is 1.85 bits per heavy atom. The summed E-state index contributed by atoms with van der Waals surface area (Å²) >= 11 is 0. The third-order valence-corrected chi connectivity index (χ3v) is 3.76. The molecule has 0 fully saturated rings. The molecule has 134 valence electrons. The summed E-state index contributed by atoms with van der Waals surface area (Å²) in [4.78, 5) is 4.33. The minimum Gasteiger partial charge on any atom is -0.497 e. The van der Waals surface area contributed by atoms with Gasteiger partial charge in [-0.1, -0.05) is 12.1 Å². The third-order valence-electron chi connectivity index (χ3n) is 3.76. The molecule has 26 heavy (non-hydrogen) atoms. The molecule has 1 heterocycles. The van der Waals surface area contributed by atoms with Crippen molar-refractivity contribution in [2.75, 3.05) is 19.5 Å². The van der Waals surface area contributed by atoms with E-state index in [-0.39, 0.29) is 0 Å². The summed E-state index contributed by atoms with van der Waals surface area (Å²) in [5.74, 6) is 1.81. The second-order valence-electron chi connectivity index (χ2n) is 5.48. The quantitative estimate of drug-likeness (QED) is 0.527. The zero-order chi connectivity index (χ0) is 18.4. The zero-order valence-corrected chi connectivity index (χ0v) is 14.7. The molecule has 0 atom stereocenters. The predicted molar refractivity (Wildman–Crippen MR) is 102 cm³/mol. The molecule has 0 aliphatic heterocycles. The maximum atomic E-state index is 5.96. The Morgan fingerprint density at radius 3 is 2.58 bits per heavy atom. The first-order chi connectivity index (χ1) is 12.7. The zero-order valence-electron chi connectivity index (χ0n) is 14.7. The van der Waals surface area contributed by atoms with Crippen LogP contribution in [0.4, 0.5) is 5.69 Å². The highest BCUT2D eigenvalue weighted by Crippen LogP contribution is 2.22. The van der Waals surface area contributed by atoms with Gasteiger partial charge in [-0.25, -0.2) is 9.67 Å². The number of para-hydroxylation sites is 2. The van der Waals surface area contributed by atoms with Crippen LogP contribution in [-0.4, -0.2) is 30.0 Å². The molecule has 0 spiro atoms. The highest BCUT2D eigenvalue weighted by molar-refractivity contribution is 5.93. The molecule has 3 N–H and O–H groups in total. The Hall–Kier alpha value is -3.48. The molecular weight excluding hydrogens is 330 g/mol. The van der Waals surface area contributed by atoms with E-state index in [0.717, 1.165) is 22.8 Å². The number of guanidine groups is 1. The average Bonchev–Trinajstić information content (AvgIpc) is 3.16. The van der Waals surface area contributed by atoms with Gasteiger partial charge >= 0.3 is 0 Å². The molecule has 0 saturated heterocycles. The Morgan fingerprint density at radius 1 is 1.08 bits per heavy atom. The van der Waals surface area contributed by atoms with E-state index in [1.807, 2.05) is 60.8 Å². The van der Waals surface area contributed by atoms with Crippen molar-refractivity contribution in [1.82, 2.24) is 9.78 Å².